The summed E-state index contributed by atoms with van der Waals surface area (Å²) in [6.45, 7) is 5.47. The number of ketones is 2. The number of likely N-dealkylation sites (N-methyl/N-ethyl adjacent to an activating group) is 1. The number of amides is 4. The molecule has 350 valence electrons. The van der Waals surface area contributed by atoms with Crippen LogP contribution in [-0.2, 0) is 66.9 Å². The Morgan fingerprint density at radius 1 is 0.629 bits per heavy atom. The van der Waals surface area contributed by atoms with Gasteiger partial charge in [-0.15, -0.1) is 0 Å². The van der Waals surface area contributed by atoms with Crippen LogP contribution in [0.5, 0.6) is 0 Å². The molecule has 0 aromatic rings. The summed E-state index contributed by atoms with van der Waals surface area (Å²) in [5.74, 6) is -13.9. The monoisotopic (exact) mass is 889 g/mol. The summed E-state index contributed by atoms with van der Waals surface area (Å²) >= 11 is 0. The van der Waals surface area contributed by atoms with Gasteiger partial charge in [-0.3, -0.25) is 47.9 Å². The predicted molar refractivity (Wildman–Crippen MR) is 211 cm³/mol. The molecule has 0 aliphatic heterocycles. The number of carbonyl (C=O) groups is 10. The van der Waals surface area contributed by atoms with E-state index in [0.717, 1.165) is 4.90 Å². The Kier molecular flexibility index (Phi) is 29.1. The minimum absolute atomic E-state index is 0.0409. The highest BCUT2D eigenvalue weighted by Gasteiger charge is 2.36. The van der Waals surface area contributed by atoms with Gasteiger partial charge in [0.2, 0.25) is 23.6 Å². The number of Topliss-reactive ketones (excluding diaryl/α,β-unsaturated/α-hetero) is 2. The van der Waals surface area contributed by atoms with Crippen molar-refractivity contribution in [3.05, 3.63) is 10.4 Å². The van der Waals surface area contributed by atoms with Crippen molar-refractivity contribution in [2.75, 3.05) is 73.0 Å². The average Bonchev–Trinajstić information content (AvgIpc) is 3.19. The molecule has 25 nitrogen and oxygen atoms in total. The lowest BCUT2D eigenvalue weighted by atomic mass is 9.86. The maximum Gasteiger partial charge on any atom is 0.305 e. The Labute approximate surface area is 357 Å². The van der Waals surface area contributed by atoms with Crippen LogP contribution in [0.4, 0.5) is 0 Å². The first kappa shape index (κ1) is 56.2. The van der Waals surface area contributed by atoms with Crippen LogP contribution in [0.25, 0.3) is 10.4 Å². The number of azide groups is 1. The molecular weight excluding hydrogens is 830 g/mol. The van der Waals surface area contributed by atoms with Crippen LogP contribution in [0.15, 0.2) is 5.11 Å². The molecule has 0 unspecified atom stereocenters. The third-order valence-corrected chi connectivity index (χ3v) is 8.91. The van der Waals surface area contributed by atoms with E-state index in [1.54, 1.807) is 0 Å². The van der Waals surface area contributed by atoms with Crippen molar-refractivity contribution < 1.29 is 87.3 Å². The lowest BCUT2D eigenvalue weighted by Crippen LogP contribution is -2.55. The van der Waals surface area contributed by atoms with Crippen LogP contribution >= 0.6 is 0 Å². The van der Waals surface area contributed by atoms with Gasteiger partial charge in [-0.25, -0.2) is 0 Å². The first-order chi connectivity index (χ1) is 29.2. The molecule has 4 amide bonds. The lowest BCUT2D eigenvalue weighted by molar-refractivity contribution is -0.146. The summed E-state index contributed by atoms with van der Waals surface area (Å²) in [7, 11) is 1.22. The fourth-order valence-electron chi connectivity index (χ4n) is 5.36. The molecule has 0 aromatic heterocycles. The summed E-state index contributed by atoms with van der Waals surface area (Å²) in [5, 5.41) is 46.9. The molecule has 0 aliphatic carbocycles. The van der Waals surface area contributed by atoms with E-state index in [9.17, 15) is 63.3 Å². The molecule has 0 aromatic carbocycles. The second-order valence-electron chi connectivity index (χ2n) is 14.1. The van der Waals surface area contributed by atoms with Gasteiger partial charge in [0.25, 0.3) is 0 Å². The molecular formula is C37H59N7O18. The van der Waals surface area contributed by atoms with Gasteiger partial charge in [0, 0.05) is 43.7 Å². The molecule has 0 bridgehead atoms. The van der Waals surface area contributed by atoms with Crippen molar-refractivity contribution in [2.24, 2.45) is 22.9 Å². The molecule has 0 fully saturated rings. The fourth-order valence-corrected chi connectivity index (χ4v) is 5.36. The molecule has 25 heteroatoms. The molecule has 0 heterocycles. The minimum atomic E-state index is -1.70. The van der Waals surface area contributed by atoms with Gasteiger partial charge in [0.1, 0.15) is 17.9 Å². The van der Waals surface area contributed by atoms with E-state index in [1.165, 1.54) is 27.8 Å². The SMILES string of the molecule is CC(C)[C@H](CC(=O)[C@H](CCC(=O)O)NC(=O)[C@@H](CC(=O)O)CC(=O)CN=[N+]=[N-])C(=O)N[C@H](CC(=O)O)C(=O)N(C)[C@@H](C)C(=O)NCCOCCOCCOCCOCCC(=O)O. The second kappa shape index (κ2) is 32.0. The average molecular weight is 890 g/mol. The first-order valence-corrected chi connectivity index (χ1v) is 19.6. The standard InChI is InChI=1S/C37H59N7O18/c1-22(2)26(19-29(46)27(5-6-30(47)48)41-35(56)24(18-32(51)52)17-25(45)21-40-43-38)36(57)42-28(20-33(53)54)37(58)44(4)23(3)34(55)39-8-10-60-12-14-62-16-15-61-13-11-59-9-7-31(49)50/h22-24,26-28H,5-21H2,1-4H3,(H,39,55)(H,41,56)(H,42,57)(H,47,48)(H,49,50)(H,51,52)(H,53,54)/t23-,24+,26-,27-,28+/m0/s1. The molecule has 0 spiro atoms. The second-order valence-corrected chi connectivity index (χ2v) is 14.1. The zero-order chi connectivity index (χ0) is 47.2. The topological polar surface area (TPSA) is 377 Å². The van der Waals surface area contributed by atoms with E-state index < -0.39 is 140 Å². The van der Waals surface area contributed by atoms with Gasteiger partial charge in [-0.2, -0.15) is 0 Å². The highest BCUT2D eigenvalue weighted by Crippen LogP contribution is 2.20. The molecule has 62 heavy (non-hydrogen) atoms. The van der Waals surface area contributed by atoms with Crippen molar-refractivity contribution in [3.63, 3.8) is 0 Å². The highest BCUT2D eigenvalue weighted by atomic mass is 16.6. The summed E-state index contributed by atoms with van der Waals surface area (Å²) in [6, 6.07) is -4.43. The normalized spacial score (nSPS) is 13.3. The zero-order valence-corrected chi connectivity index (χ0v) is 35.3. The van der Waals surface area contributed by atoms with Crippen LogP contribution in [0.1, 0.15) is 65.7 Å². The number of nitrogens with one attached hydrogen (secondary N) is 3. The summed E-state index contributed by atoms with van der Waals surface area (Å²) < 4.78 is 21.1. The number of carboxylic acids is 4. The lowest BCUT2D eigenvalue weighted by Gasteiger charge is -2.30. The summed E-state index contributed by atoms with van der Waals surface area (Å²) in [4.78, 5) is 127. The number of carbonyl (C=O) groups excluding carboxylic acids is 6. The van der Waals surface area contributed by atoms with Crippen molar-refractivity contribution in [3.8, 4) is 0 Å². The maximum atomic E-state index is 13.6. The van der Waals surface area contributed by atoms with Crippen LogP contribution < -0.4 is 16.0 Å². The van der Waals surface area contributed by atoms with E-state index in [0.29, 0.717) is 0 Å². The van der Waals surface area contributed by atoms with Gasteiger partial charge in [-0.1, -0.05) is 19.0 Å². The summed E-state index contributed by atoms with van der Waals surface area (Å²) in [6.07, 6.45) is -4.31. The van der Waals surface area contributed by atoms with E-state index >= 15 is 0 Å². The minimum Gasteiger partial charge on any atom is -0.481 e. The molecule has 5 atom stereocenters. The number of aliphatic carboxylic acids is 4. The Morgan fingerprint density at radius 3 is 1.65 bits per heavy atom. The first-order valence-electron chi connectivity index (χ1n) is 19.6. The third kappa shape index (κ3) is 25.8. The Morgan fingerprint density at radius 2 is 1.15 bits per heavy atom. The number of carboxylic acid groups (broad SMARTS) is 4. The van der Waals surface area contributed by atoms with Gasteiger partial charge in [0.05, 0.1) is 90.6 Å². The number of nitrogens with zero attached hydrogens (tertiary/aromatic N) is 4. The van der Waals surface area contributed by atoms with Crippen LogP contribution in [0, 0.1) is 17.8 Å². The number of hydrogen-bond donors (Lipinski definition) is 7. The molecule has 0 saturated heterocycles. The number of rotatable bonds is 37. The smallest absolute Gasteiger partial charge is 0.305 e. The molecule has 0 saturated carbocycles. The zero-order valence-electron chi connectivity index (χ0n) is 35.3. The van der Waals surface area contributed by atoms with Crippen LogP contribution in [-0.4, -0.2) is 176 Å². The van der Waals surface area contributed by atoms with Crippen LogP contribution in [0.3, 0.4) is 0 Å². The summed E-state index contributed by atoms with van der Waals surface area (Å²) in [5.41, 5.74) is 8.45. The number of ether oxygens (including phenoxy) is 4. The molecule has 0 rings (SSSR count). The molecule has 0 radical (unpaired) electrons. The van der Waals surface area contributed by atoms with E-state index in [2.05, 4.69) is 26.0 Å². The van der Waals surface area contributed by atoms with E-state index in [4.69, 9.17) is 29.6 Å². The van der Waals surface area contributed by atoms with Crippen molar-refractivity contribution in [1.29, 1.82) is 0 Å². The van der Waals surface area contributed by atoms with Gasteiger partial charge >= 0.3 is 23.9 Å². The van der Waals surface area contributed by atoms with Crippen LogP contribution in [0.2, 0.25) is 0 Å². The highest BCUT2D eigenvalue weighted by molar-refractivity contribution is 5.97. The van der Waals surface area contributed by atoms with Gasteiger partial charge < -0.3 is 60.2 Å². The van der Waals surface area contributed by atoms with E-state index in [1.807, 2.05) is 0 Å². The Bertz CT molecular complexity index is 1570. The Hall–Kier alpha value is -5.75. The fraction of sp³-hybridized carbons (Fsp3) is 0.730. The third-order valence-electron chi connectivity index (χ3n) is 8.91. The van der Waals surface area contributed by atoms with Crippen molar-refractivity contribution in [2.45, 2.75) is 83.8 Å². The van der Waals surface area contributed by atoms with Crippen molar-refractivity contribution in [1.82, 2.24) is 20.9 Å². The number of hydrogen-bond acceptors (Lipinski definition) is 15. The Balaban J connectivity index is 5.41. The van der Waals surface area contributed by atoms with E-state index in [-0.39, 0.29) is 65.8 Å². The van der Waals surface area contributed by atoms with Gasteiger partial charge in [0.15, 0.2) is 5.78 Å². The predicted octanol–water partition coefficient (Wildman–Crippen LogP) is -0.608. The van der Waals surface area contributed by atoms with Gasteiger partial charge in [-0.05, 0) is 24.8 Å². The molecule has 0 aliphatic rings. The quantitative estimate of drug-likeness (QED) is 0.0177. The molecule has 7 N–H and O–H groups in total. The largest absolute Gasteiger partial charge is 0.481 e. The van der Waals surface area contributed by atoms with Crippen molar-refractivity contribution >= 4 is 59.1 Å². The maximum absolute atomic E-state index is 13.6.